The summed E-state index contributed by atoms with van der Waals surface area (Å²) in [6.07, 6.45) is 4.91. The third-order valence-electron chi connectivity index (χ3n) is 6.46. The maximum atomic E-state index is 13.4. The second-order valence-corrected chi connectivity index (χ2v) is 9.16. The zero-order chi connectivity index (χ0) is 25.2. The molecule has 0 spiro atoms. The molecule has 1 fully saturated rings. The van der Waals surface area contributed by atoms with Crippen molar-refractivity contribution in [3.63, 3.8) is 0 Å². The van der Waals surface area contributed by atoms with Crippen LogP contribution in [0.4, 0.5) is 0 Å². The minimum absolute atomic E-state index is 0.0502. The Hall–Kier alpha value is -4.13. The number of carbonyl (C=O) groups excluding carboxylic acids is 2. The zero-order valence-corrected chi connectivity index (χ0v) is 20.3. The van der Waals surface area contributed by atoms with Crippen LogP contribution in [-0.4, -0.2) is 39.4 Å². The summed E-state index contributed by atoms with van der Waals surface area (Å²) in [5.41, 5.74) is 3.03. The molecule has 5 rings (SSSR count). The quantitative estimate of drug-likeness (QED) is 0.294. The molecule has 1 aromatic heterocycles. The number of rotatable bonds is 7. The molecule has 0 aliphatic carbocycles. The fraction of sp³-hybridized carbons (Fsp3) is 0.276. The second kappa shape index (κ2) is 9.85. The van der Waals surface area contributed by atoms with Gasteiger partial charge in [0.1, 0.15) is 23.4 Å². The molecule has 2 aromatic carbocycles. The second-order valence-electron chi connectivity index (χ2n) is 9.16. The zero-order valence-electron chi connectivity index (χ0n) is 20.3. The lowest BCUT2D eigenvalue weighted by Gasteiger charge is -2.26. The first-order valence-electron chi connectivity index (χ1n) is 12.2. The van der Waals surface area contributed by atoms with Crippen LogP contribution in [-0.2, 0) is 22.6 Å². The number of pyridine rings is 1. The summed E-state index contributed by atoms with van der Waals surface area (Å²) in [7, 11) is 0. The fourth-order valence-electron chi connectivity index (χ4n) is 4.79. The molecule has 0 unspecified atom stereocenters. The van der Waals surface area contributed by atoms with E-state index in [1.165, 1.54) is 4.90 Å². The van der Waals surface area contributed by atoms with Gasteiger partial charge in [-0.3, -0.25) is 14.6 Å². The van der Waals surface area contributed by atoms with E-state index in [4.69, 9.17) is 9.47 Å². The Balaban J connectivity index is 1.61. The van der Waals surface area contributed by atoms with Gasteiger partial charge in [-0.2, -0.15) is 0 Å². The van der Waals surface area contributed by atoms with Gasteiger partial charge in [-0.15, -0.1) is 0 Å². The summed E-state index contributed by atoms with van der Waals surface area (Å²) in [4.78, 5) is 32.2. The highest BCUT2D eigenvalue weighted by atomic mass is 16.5. The minimum atomic E-state index is -0.772. The van der Waals surface area contributed by atoms with E-state index < -0.39 is 17.7 Å². The smallest absolute Gasteiger partial charge is 0.295 e. The van der Waals surface area contributed by atoms with Crippen molar-refractivity contribution in [2.75, 3.05) is 6.61 Å². The van der Waals surface area contributed by atoms with Gasteiger partial charge in [0.05, 0.1) is 18.2 Å². The Morgan fingerprint density at radius 1 is 1.14 bits per heavy atom. The number of ketones is 1. The number of aliphatic hydroxyl groups excluding tert-OH is 1. The van der Waals surface area contributed by atoms with Crippen molar-refractivity contribution >= 4 is 17.4 Å². The van der Waals surface area contributed by atoms with Gasteiger partial charge in [0, 0.05) is 30.9 Å². The van der Waals surface area contributed by atoms with E-state index in [0.29, 0.717) is 29.9 Å². The van der Waals surface area contributed by atoms with Crippen LogP contribution in [0.15, 0.2) is 72.6 Å². The molecule has 1 saturated heterocycles. The van der Waals surface area contributed by atoms with Crippen LogP contribution in [0, 0.1) is 0 Å². The lowest BCUT2D eigenvalue weighted by atomic mass is 9.94. The molecule has 2 aliphatic rings. The number of fused-ring (bicyclic) bond motifs is 1. The number of benzene rings is 2. The monoisotopic (exact) mass is 484 g/mol. The van der Waals surface area contributed by atoms with Crippen LogP contribution >= 0.6 is 0 Å². The average molecular weight is 485 g/mol. The average Bonchev–Trinajstić information content (AvgIpc) is 3.39. The van der Waals surface area contributed by atoms with E-state index in [1.54, 1.807) is 36.7 Å². The maximum Gasteiger partial charge on any atom is 0.295 e. The van der Waals surface area contributed by atoms with E-state index in [1.807, 2.05) is 44.2 Å². The number of Topliss-reactive ketones (excluding diaryl/α,β-unsaturated/α-hetero) is 1. The normalized spacial score (nSPS) is 20.3. The van der Waals surface area contributed by atoms with Gasteiger partial charge in [0.2, 0.25) is 0 Å². The third kappa shape index (κ3) is 4.44. The SMILES string of the molecule is CCCOc1cccc([C@H]2/C(=C(\O)c3ccc4c(c3)C[C@H](C)O4)C(=O)C(=O)N2Cc2ccncc2)c1. The number of nitrogens with zero attached hydrogens (tertiary/aromatic N) is 2. The molecule has 0 radical (unpaired) electrons. The van der Waals surface area contributed by atoms with Crippen molar-refractivity contribution in [1.82, 2.24) is 9.88 Å². The van der Waals surface area contributed by atoms with Crippen molar-refractivity contribution in [2.24, 2.45) is 0 Å². The lowest BCUT2D eigenvalue weighted by molar-refractivity contribution is -0.140. The highest BCUT2D eigenvalue weighted by molar-refractivity contribution is 6.46. The first-order chi connectivity index (χ1) is 17.5. The van der Waals surface area contributed by atoms with Crippen LogP contribution in [0.1, 0.15) is 48.6 Å². The van der Waals surface area contributed by atoms with Gasteiger partial charge in [0.15, 0.2) is 0 Å². The van der Waals surface area contributed by atoms with Crippen molar-refractivity contribution in [1.29, 1.82) is 0 Å². The molecule has 1 amide bonds. The summed E-state index contributed by atoms with van der Waals surface area (Å²) in [5, 5.41) is 11.4. The number of ether oxygens (including phenoxy) is 2. The fourth-order valence-corrected chi connectivity index (χ4v) is 4.79. The third-order valence-corrected chi connectivity index (χ3v) is 6.46. The van der Waals surface area contributed by atoms with E-state index in [2.05, 4.69) is 4.98 Å². The Morgan fingerprint density at radius 2 is 1.94 bits per heavy atom. The number of hydrogen-bond acceptors (Lipinski definition) is 6. The van der Waals surface area contributed by atoms with Crippen molar-refractivity contribution in [3.05, 3.63) is 94.8 Å². The van der Waals surface area contributed by atoms with Crippen LogP contribution < -0.4 is 9.47 Å². The number of likely N-dealkylation sites (tertiary alicyclic amines) is 1. The first kappa shape index (κ1) is 23.6. The topological polar surface area (TPSA) is 89.0 Å². The number of aliphatic hydroxyl groups is 1. The van der Waals surface area contributed by atoms with Crippen molar-refractivity contribution < 1.29 is 24.2 Å². The molecule has 7 nitrogen and oxygen atoms in total. The molecule has 7 heteroatoms. The van der Waals surface area contributed by atoms with E-state index in [0.717, 1.165) is 23.3 Å². The molecule has 0 saturated carbocycles. The molecule has 184 valence electrons. The molecule has 0 bridgehead atoms. The highest BCUT2D eigenvalue weighted by Gasteiger charge is 2.46. The van der Waals surface area contributed by atoms with Crippen LogP contribution in [0.2, 0.25) is 0 Å². The molecular formula is C29H28N2O5. The minimum Gasteiger partial charge on any atom is -0.507 e. The molecule has 1 N–H and O–H groups in total. The van der Waals surface area contributed by atoms with Crippen LogP contribution in [0.3, 0.4) is 0 Å². The highest BCUT2D eigenvalue weighted by Crippen LogP contribution is 2.42. The standard InChI is InChI=1S/C29H28N2O5/c1-3-13-35-23-6-4-5-20(16-23)26-25(27(32)21-7-8-24-22(15-21)14-18(2)36-24)28(33)29(34)31(26)17-19-9-11-30-12-10-19/h4-12,15-16,18,26,32H,3,13-14,17H2,1-2H3/b27-25+/t18-,26-/m0/s1. The Morgan fingerprint density at radius 3 is 2.72 bits per heavy atom. The predicted molar refractivity (Wildman–Crippen MR) is 135 cm³/mol. The number of carbonyl (C=O) groups is 2. The predicted octanol–water partition coefficient (Wildman–Crippen LogP) is 4.82. The number of aromatic nitrogens is 1. The van der Waals surface area contributed by atoms with Gasteiger partial charge in [0.25, 0.3) is 11.7 Å². The summed E-state index contributed by atoms with van der Waals surface area (Å²) in [6.45, 7) is 4.76. The van der Waals surface area contributed by atoms with Gasteiger partial charge in [-0.05, 0) is 72.5 Å². The van der Waals surface area contributed by atoms with Crippen LogP contribution in [0.5, 0.6) is 11.5 Å². The molecule has 2 aliphatic heterocycles. The Bertz CT molecular complexity index is 1330. The summed E-state index contributed by atoms with van der Waals surface area (Å²) >= 11 is 0. The Labute approximate surface area is 210 Å². The van der Waals surface area contributed by atoms with Crippen molar-refractivity contribution in [3.8, 4) is 11.5 Å². The summed E-state index contributed by atoms with van der Waals surface area (Å²) in [5.74, 6) is -0.146. The van der Waals surface area contributed by atoms with Crippen LogP contribution in [0.25, 0.3) is 5.76 Å². The number of hydrogen-bond donors (Lipinski definition) is 1. The van der Waals surface area contributed by atoms with Gasteiger partial charge in [-0.25, -0.2) is 0 Å². The molecular weight excluding hydrogens is 456 g/mol. The van der Waals surface area contributed by atoms with E-state index >= 15 is 0 Å². The van der Waals surface area contributed by atoms with Gasteiger partial charge >= 0.3 is 0 Å². The molecule has 3 aromatic rings. The summed E-state index contributed by atoms with van der Waals surface area (Å²) in [6, 6.07) is 15.6. The van der Waals surface area contributed by atoms with Gasteiger partial charge in [-0.1, -0.05) is 19.1 Å². The van der Waals surface area contributed by atoms with Gasteiger partial charge < -0.3 is 19.5 Å². The maximum absolute atomic E-state index is 13.4. The van der Waals surface area contributed by atoms with Crippen molar-refractivity contribution in [2.45, 2.75) is 45.4 Å². The number of amides is 1. The molecule has 2 atom stereocenters. The Kier molecular flexibility index (Phi) is 6.46. The van der Waals surface area contributed by atoms with E-state index in [-0.39, 0.29) is 24.0 Å². The lowest BCUT2D eigenvalue weighted by Crippen LogP contribution is -2.29. The largest absolute Gasteiger partial charge is 0.507 e. The molecule has 3 heterocycles. The molecule has 36 heavy (non-hydrogen) atoms. The first-order valence-corrected chi connectivity index (χ1v) is 12.2. The summed E-state index contributed by atoms with van der Waals surface area (Å²) < 4.78 is 11.6. The van der Waals surface area contributed by atoms with E-state index in [9.17, 15) is 14.7 Å².